The van der Waals surface area contributed by atoms with Crippen molar-refractivity contribution in [3.8, 4) is 0 Å². The van der Waals surface area contributed by atoms with E-state index in [1.807, 2.05) is 6.92 Å². The van der Waals surface area contributed by atoms with Crippen molar-refractivity contribution in [3.05, 3.63) is 35.2 Å². The zero-order chi connectivity index (χ0) is 8.55. The van der Waals surface area contributed by atoms with Gasteiger partial charge in [0, 0.05) is 4.70 Å². The molecule has 1 aromatic carbocycles. The molecule has 0 saturated heterocycles. The molecule has 62 valence electrons. The second kappa shape index (κ2) is 3.08. The molecule has 0 fully saturated rings. The Morgan fingerprint density at radius 2 is 2.17 bits per heavy atom. The van der Waals surface area contributed by atoms with Gasteiger partial charge in [0.05, 0.1) is 5.38 Å². The second-order valence-electron chi connectivity index (χ2n) is 2.83. The van der Waals surface area contributed by atoms with E-state index in [1.165, 1.54) is 15.6 Å². The maximum Gasteiger partial charge on any atom is 0.0557 e. The zero-order valence-corrected chi connectivity index (χ0v) is 8.32. The first-order chi connectivity index (χ1) is 5.77. The molecular weight excluding hydrogens is 188 g/mol. The third kappa shape index (κ3) is 1.35. The van der Waals surface area contributed by atoms with Crippen molar-refractivity contribution in [2.45, 2.75) is 12.3 Å². The maximum absolute atomic E-state index is 5.98. The number of rotatable bonds is 1. The third-order valence-corrected chi connectivity index (χ3v) is 3.07. The third-order valence-electron chi connectivity index (χ3n) is 1.94. The molecule has 0 unspecified atom stereocenters. The van der Waals surface area contributed by atoms with Gasteiger partial charge in [0.25, 0.3) is 0 Å². The van der Waals surface area contributed by atoms with E-state index in [0.29, 0.717) is 0 Å². The summed E-state index contributed by atoms with van der Waals surface area (Å²) in [7, 11) is 0. The van der Waals surface area contributed by atoms with Crippen LogP contribution in [0.3, 0.4) is 0 Å². The highest BCUT2D eigenvalue weighted by Gasteiger charge is 2.01. The van der Waals surface area contributed by atoms with Crippen molar-refractivity contribution in [3.63, 3.8) is 0 Å². The highest BCUT2D eigenvalue weighted by atomic mass is 35.5. The monoisotopic (exact) mass is 196 g/mol. The Balaban J connectivity index is 2.60. The molecule has 1 atom stereocenters. The van der Waals surface area contributed by atoms with E-state index in [-0.39, 0.29) is 5.38 Å². The molecule has 0 aliphatic heterocycles. The first kappa shape index (κ1) is 8.09. The molecule has 2 aromatic rings. The van der Waals surface area contributed by atoms with Crippen LogP contribution in [0.15, 0.2) is 29.6 Å². The van der Waals surface area contributed by atoms with Gasteiger partial charge in [-0.2, -0.15) is 0 Å². The normalized spacial score (nSPS) is 13.5. The predicted octanol–water partition coefficient (Wildman–Crippen LogP) is 4.20. The summed E-state index contributed by atoms with van der Waals surface area (Å²) in [6.45, 7) is 2.00. The lowest BCUT2D eigenvalue weighted by atomic mass is 10.1. The lowest BCUT2D eigenvalue weighted by molar-refractivity contribution is 1.09. The van der Waals surface area contributed by atoms with Gasteiger partial charge in [-0.3, -0.25) is 0 Å². The van der Waals surface area contributed by atoms with Gasteiger partial charge < -0.3 is 0 Å². The lowest BCUT2D eigenvalue weighted by Gasteiger charge is -2.01. The summed E-state index contributed by atoms with van der Waals surface area (Å²) in [5.41, 5.74) is 1.20. The molecule has 1 aromatic heterocycles. The second-order valence-corrected chi connectivity index (χ2v) is 4.44. The van der Waals surface area contributed by atoms with E-state index >= 15 is 0 Å². The van der Waals surface area contributed by atoms with E-state index in [4.69, 9.17) is 11.6 Å². The largest absolute Gasteiger partial charge is 0.144 e. The average molecular weight is 197 g/mol. The Morgan fingerprint density at radius 3 is 2.92 bits per heavy atom. The Labute approximate surface area is 80.8 Å². The number of benzene rings is 1. The molecule has 0 saturated carbocycles. The van der Waals surface area contributed by atoms with E-state index in [0.717, 1.165) is 0 Å². The summed E-state index contributed by atoms with van der Waals surface area (Å²) >= 11 is 7.74. The molecule has 0 spiro atoms. The van der Waals surface area contributed by atoms with E-state index in [9.17, 15) is 0 Å². The van der Waals surface area contributed by atoms with Crippen molar-refractivity contribution in [1.82, 2.24) is 0 Å². The molecule has 0 N–H and O–H groups in total. The van der Waals surface area contributed by atoms with Crippen molar-refractivity contribution in [1.29, 1.82) is 0 Å². The number of fused-ring (bicyclic) bond motifs is 1. The Hall–Kier alpha value is -0.530. The number of alkyl halides is 1. The van der Waals surface area contributed by atoms with Crippen molar-refractivity contribution < 1.29 is 0 Å². The molecule has 1 heterocycles. The standard InChI is InChI=1S/C10H9ClS/c1-7(11)9-3-2-8-4-5-12-10(8)6-9/h2-7H,1H3/t7-/m0/s1. The molecule has 12 heavy (non-hydrogen) atoms. The fourth-order valence-corrected chi connectivity index (χ4v) is 2.19. The van der Waals surface area contributed by atoms with Crippen LogP contribution in [0.1, 0.15) is 17.9 Å². The topological polar surface area (TPSA) is 0 Å². The Morgan fingerprint density at radius 1 is 1.33 bits per heavy atom. The van der Waals surface area contributed by atoms with Gasteiger partial charge in [-0.1, -0.05) is 12.1 Å². The first-order valence-electron chi connectivity index (χ1n) is 3.88. The number of thiophene rings is 1. The first-order valence-corrected chi connectivity index (χ1v) is 5.20. The smallest absolute Gasteiger partial charge is 0.0557 e. The fourth-order valence-electron chi connectivity index (χ4n) is 1.22. The summed E-state index contributed by atoms with van der Waals surface area (Å²) in [4.78, 5) is 0. The molecule has 0 nitrogen and oxygen atoms in total. The van der Waals surface area contributed by atoms with Crippen LogP contribution in [0.25, 0.3) is 10.1 Å². The minimum absolute atomic E-state index is 0.108. The fraction of sp³-hybridized carbons (Fsp3) is 0.200. The van der Waals surface area contributed by atoms with Crippen molar-refractivity contribution >= 4 is 33.0 Å². The van der Waals surface area contributed by atoms with Gasteiger partial charge in [0.1, 0.15) is 0 Å². The molecule has 0 aliphatic rings. The van der Waals surface area contributed by atoms with Crippen LogP contribution in [0.5, 0.6) is 0 Å². The van der Waals surface area contributed by atoms with Gasteiger partial charge in [-0.05, 0) is 35.4 Å². The number of halogens is 1. The van der Waals surface area contributed by atoms with Crippen LogP contribution in [0, 0.1) is 0 Å². The Bertz CT molecular complexity index is 389. The number of hydrogen-bond acceptors (Lipinski definition) is 1. The van der Waals surface area contributed by atoms with Crippen LogP contribution >= 0.6 is 22.9 Å². The van der Waals surface area contributed by atoms with Crippen molar-refractivity contribution in [2.75, 3.05) is 0 Å². The lowest BCUT2D eigenvalue weighted by Crippen LogP contribution is -1.81. The van der Waals surface area contributed by atoms with Gasteiger partial charge in [0.2, 0.25) is 0 Å². The van der Waals surface area contributed by atoms with Crippen LogP contribution in [-0.4, -0.2) is 0 Å². The highest BCUT2D eigenvalue weighted by Crippen LogP contribution is 2.26. The summed E-state index contributed by atoms with van der Waals surface area (Å²) in [5.74, 6) is 0. The highest BCUT2D eigenvalue weighted by molar-refractivity contribution is 7.17. The van der Waals surface area contributed by atoms with E-state index < -0.39 is 0 Å². The SMILES string of the molecule is C[C@H](Cl)c1ccc2ccsc2c1. The average Bonchev–Trinajstić information content (AvgIpc) is 2.49. The number of hydrogen-bond donors (Lipinski definition) is 0. The van der Waals surface area contributed by atoms with Crippen LogP contribution < -0.4 is 0 Å². The van der Waals surface area contributed by atoms with Crippen LogP contribution in [0.2, 0.25) is 0 Å². The van der Waals surface area contributed by atoms with Crippen molar-refractivity contribution in [2.24, 2.45) is 0 Å². The van der Waals surface area contributed by atoms with Crippen LogP contribution in [0.4, 0.5) is 0 Å². The quantitative estimate of drug-likeness (QED) is 0.600. The summed E-state index contributed by atoms with van der Waals surface area (Å²) in [6.07, 6.45) is 0. The van der Waals surface area contributed by atoms with Gasteiger partial charge >= 0.3 is 0 Å². The molecule has 2 heteroatoms. The molecule has 0 aliphatic carbocycles. The maximum atomic E-state index is 5.98. The molecule has 0 bridgehead atoms. The van der Waals surface area contributed by atoms with E-state index in [1.54, 1.807) is 11.3 Å². The predicted molar refractivity (Wildman–Crippen MR) is 56.1 cm³/mol. The minimum atomic E-state index is 0.108. The Kier molecular flexibility index (Phi) is 2.07. The zero-order valence-electron chi connectivity index (χ0n) is 6.75. The minimum Gasteiger partial charge on any atom is -0.144 e. The molecule has 0 amide bonds. The molecule has 2 rings (SSSR count). The van der Waals surface area contributed by atoms with Gasteiger partial charge in [-0.15, -0.1) is 22.9 Å². The van der Waals surface area contributed by atoms with Crippen LogP contribution in [-0.2, 0) is 0 Å². The summed E-state index contributed by atoms with van der Waals surface area (Å²) in [6, 6.07) is 8.51. The summed E-state index contributed by atoms with van der Waals surface area (Å²) < 4.78 is 1.32. The molecule has 0 radical (unpaired) electrons. The van der Waals surface area contributed by atoms with Gasteiger partial charge in [0.15, 0.2) is 0 Å². The molecular formula is C10H9ClS. The van der Waals surface area contributed by atoms with E-state index in [2.05, 4.69) is 29.6 Å². The van der Waals surface area contributed by atoms with Gasteiger partial charge in [-0.25, -0.2) is 0 Å². The summed E-state index contributed by atoms with van der Waals surface area (Å²) in [5, 5.41) is 3.52.